The van der Waals surface area contributed by atoms with Crippen LogP contribution in [0.1, 0.15) is 63.4 Å². The van der Waals surface area contributed by atoms with Gasteiger partial charge in [-0.05, 0) is 36.6 Å². The maximum atomic E-state index is 12.6. The van der Waals surface area contributed by atoms with E-state index in [-0.39, 0.29) is 18.1 Å². The van der Waals surface area contributed by atoms with Crippen molar-refractivity contribution in [3.8, 4) is 5.75 Å². The minimum absolute atomic E-state index is 0.0585. The van der Waals surface area contributed by atoms with E-state index < -0.39 is 5.97 Å². The molecule has 0 radical (unpaired) electrons. The minimum atomic E-state index is -0.715. The van der Waals surface area contributed by atoms with Gasteiger partial charge in [0, 0.05) is 13.0 Å². The molecule has 0 bridgehead atoms. The first kappa shape index (κ1) is 22.4. The van der Waals surface area contributed by atoms with Gasteiger partial charge in [-0.3, -0.25) is 14.5 Å². The molecule has 1 aromatic carbocycles. The molecule has 7 heteroatoms. The van der Waals surface area contributed by atoms with E-state index in [4.69, 9.17) is 17.3 Å². The number of carbonyl (C=O) groups is 2. The molecule has 2 N–H and O–H groups in total. The van der Waals surface area contributed by atoms with Gasteiger partial charge in [0.1, 0.15) is 10.1 Å². The molecule has 1 aliphatic rings. The molecule has 0 unspecified atom stereocenters. The number of aliphatic carboxylic acids is 1. The van der Waals surface area contributed by atoms with Crippen LogP contribution in [0.25, 0.3) is 6.08 Å². The van der Waals surface area contributed by atoms with Gasteiger partial charge in [-0.25, -0.2) is 0 Å². The van der Waals surface area contributed by atoms with E-state index in [1.807, 2.05) is 6.07 Å². The van der Waals surface area contributed by atoms with E-state index in [9.17, 15) is 14.7 Å². The van der Waals surface area contributed by atoms with Crippen LogP contribution < -0.4 is 0 Å². The number of carboxylic acid groups (broad SMARTS) is 1. The van der Waals surface area contributed by atoms with E-state index in [2.05, 4.69) is 0 Å². The monoisotopic (exact) mass is 421 g/mol. The van der Waals surface area contributed by atoms with Gasteiger partial charge >= 0.3 is 5.97 Å². The Labute approximate surface area is 175 Å². The van der Waals surface area contributed by atoms with E-state index >= 15 is 0 Å². The number of nitrogens with zero attached hydrogens (tertiary/aromatic N) is 1. The Hall–Kier alpha value is -1.86. The highest BCUT2D eigenvalue weighted by Crippen LogP contribution is 2.33. The quantitative estimate of drug-likeness (QED) is 0.275. The number of phenolic OH excluding ortho intramolecular Hbond substituents is 1. The maximum Gasteiger partial charge on any atom is 0.303 e. The first-order valence-corrected chi connectivity index (χ1v) is 11.0. The molecule has 1 amide bonds. The first-order chi connectivity index (χ1) is 13.5. The molecule has 1 aromatic rings. The third kappa shape index (κ3) is 7.64. The van der Waals surface area contributed by atoms with Gasteiger partial charge in [-0.2, -0.15) is 0 Å². The maximum absolute atomic E-state index is 12.6. The van der Waals surface area contributed by atoms with Crippen molar-refractivity contribution in [2.75, 3.05) is 6.54 Å². The van der Waals surface area contributed by atoms with Crippen LogP contribution in [0, 0.1) is 0 Å². The molecule has 28 heavy (non-hydrogen) atoms. The Bertz CT molecular complexity index is 733. The van der Waals surface area contributed by atoms with Gasteiger partial charge in [0.05, 0.1) is 4.91 Å². The summed E-state index contributed by atoms with van der Waals surface area (Å²) in [5.41, 5.74) is 0.781. The summed E-state index contributed by atoms with van der Waals surface area (Å²) in [5, 5.41) is 18.1. The Morgan fingerprint density at radius 1 is 1.07 bits per heavy atom. The predicted octanol–water partition coefficient (Wildman–Crippen LogP) is 5.19. The largest absolute Gasteiger partial charge is 0.508 e. The summed E-state index contributed by atoms with van der Waals surface area (Å²) in [6.45, 7) is 0.640. The van der Waals surface area contributed by atoms with Gasteiger partial charge in [-0.1, -0.05) is 74.6 Å². The summed E-state index contributed by atoms with van der Waals surface area (Å²) in [6, 6.07) is 6.80. The molecule has 1 heterocycles. The molecule has 1 fully saturated rings. The van der Waals surface area contributed by atoms with Crippen LogP contribution in [-0.2, 0) is 9.59 Å². The third-order valence-electron chi connectivity index (χ3n) is 4.56. The number of hydrogen-bond acceptors (Lipinski definition) is 5. The molecule has 2 rings (SSSR count). The second kappa shape index (κ2) is 11.9. The first-order valence-electron chi connectivity index (χ1n) is 9.73. The average molecular weight is 422 g/mol. The van der Waals surface area contributed by atoms with Crippen LogP contribution in [0.4, 0.5) is 0 Å². The number of phenols is 1. The lowest BCUT2D eigenvalue weighted by Crippen LogP contribution is -2.29. The Morgan fingerprint density at radius 2 is 1.71 bits per heavy atom. The number of aromatic hydroxyl groups is 1. The van der Waals surface area contributed by atoms with E-state index in [0.717, 1.165) is 56.9 Å². The zero-order valence-corrected chi connectivity index (χ0v) is 17.6. The van der Waals surface area contributed by atoms with Crippen molar-refractivity contribution in [2.45, 2.75) is 57.8 Å². The summed E-state index contributed by atoms with van der Waals surface area (Å²) in [7, 11) is 0. The van der Waals surface area contributed by atoms with E-state index in [1.54, 1.807) is 29.2 Å². The number of amides is 1. The lowest BCUT2D eigenvalue weighted by atomic mass is 10.1. The minimum Gasteiger partial charge on any atom is -0.508 e. The molecule has 0 aromatic heterocycles. The molecule has 152 valence electrons. The predicted molar refractivity (Wildman–Crippen MR) is 117 cm³/mol. The fraction of sp³-hybridized carbons (Fsp3) is 0.476. The van der Waals surface area contributed by atoms with Crippen molar-refractivity contribution in [1.29, 1.82) is 0 Å². The van der Waals surface area contributed by atoms with Crippen LogP contribution in [0.15, 0.2) is 29.2 Å². The van der Waals surface area contributed by atoms with Gasteiger partial charge < -0.3 is 10.2 Å². The van der Waals surface area contributed by atoms with Crippen molar-refractivity contribution in [1.82, 2.24) is 4.90 Å². The summed E-state index contributed by atoms with van der Waals surface area (Å²) in [6.07, 6.45) is 10.2. The van der Waals surface area contributed by atoms with Crippen LogP contribution in [-0.4, -0.2) is 37.9 Å². The highest BCUT2D eigenvalue weighted by molar-refractivity contribution is 8.26. The van der Waals surface area contributed by atoms with Crippen LogP contribution >= 0.6 is 24.0 Å². The van der Waals surface area contributed by atoms with E-state index in [1.165, 1.54) is 11.8 Å². The van der Waals surface area contributed by atoms with Crippen molar-refractivity contribution in [3.63, 3.8) is 0 Å². The number of rotatable bonds is 12. The van der Waals surface area contributed by atoms with Gasteiger partial charge in [0.25, 0.3) is 5.91 Å². The smallest absolute Gasteiger partial charge is 0.303 e. The second-order valence-electron chi connectivity index (χ2n) is 6.90. The van der Waals surface area contributed by atoms with Gasteiger partial charge in [-0.15, -0.1) is 0 Å². The summed E-state index contributed by atoms with van der Waals surface area (Å²) in [4.78, 5) is 25.3. The summed E-state index contributed by atoms with van der Waals surface area (Å²) in [5.74, 6) is -0.602. The van der Waals surface area contributed by atoms with Gasteiger partial charge in [0.2, 0.25) is 0 Å². The molecular weight excluding hydrogens is 394 g/mol. The topological polar surface area (TPSA) is 77.8 Å². The normalized spacial score (nSPS) is 15.6. The SMILES string of the molecule is O=C(O)CCCCCCCCCCN1C(=O)C(=Cc2cccc(O)c2)SC1=S. The Kier molecular flexibility index (Phi) is 9.50. The van der Waals surface area contributed by atoms with Crippen LogP contribution in [0.3, 0.4) is 0 Å². The van der Waals surface area contributed by atoms with Crippen molar-refractivity contribution in [3.05, 3.63) is 34.7 Å². The van der Waals surface area contributed by atoms with Crippen molar-refractivity contribution >= 4 is 46.3 Å². The molecule has 1 saturated heterocycles. The lowest BCUT2D eigenvalue weighted by Gasteiger charge is -2.14. The fourth-order valence-corrected chi connectivity index (χ4v) is 4.37. The summed E-state index contributed by atoms with van der Waals surface area (Å²) >= 11 is 6.66. The Balaban J connectivity index is 1.64. The number of carbonyl (C=O) groups excluding carboxylic acids is 1. The van der Waals surface area contributed by atoms with Crippen LogP contribution in [0.2, 0.25) is 0 Å². The zero-order chi connectivity index (χ0) is 20.4. The standard InChI is InChI=1S/C21H27NO4S2/c23-17-11-9-10-16(14-17)15-18-20(26)22(21(27)28-18)13-8-6-4-2-1-3-5-7-12-19(24)25/h9-11,14-15,23H,1-8,12-13H2,(H,24,25). The van der Waals surface area contributed by atoms with Crippen molar-refractivity contribution < 1.29 is 19.8 Å². The number of thioether (sulfide) groups is 1. The van der Waals surface area contributed by atoms with Gasteiger partial charge in [0.15, 0.2) is 0 Å². The number of carboxylic acids is 1. The Morgan fingerprint density at radius 3 is 2.36 bits per heavy atom. The average Bonchev–Trinajstić information content (AvgIpc) is 2.90. The fourth-order valence-electron chi connectivity index (χ4n) is 3.07. The third-order valence-corrected chi connectivity index (χ3v) is 5.94. The molecule has 5 nitrogen and oxygen atoms in total. The molecular formula is C21H27NO4S2. The molecule has 0 saturated carbocycles. The number of hydrogen-bond donors (Lipinski definition) is 2. The van der Waals surface area contributed by atoms with Crippen molar-refractivity contribution in [2.24, 2.45) is 0 Å². The number of unbranched alkanes of at least 4 members (excludes halogenated alkanes) is 7. The highest BCUT2D eigenvalue weighted by Gasteiger charge is 2.31. The molecule has 0 aliphatic carbocycles. The second-order valence-corrected chi connectivity index (χ2v) is 8.58. The summed E-state index contributed by atoms with van der Waals surface area (Å²) < 4.78 is 0.592. The van der Waals surface area contributed by atoms with E-state index in [0.29, 0.717) is 15.8 Å². The highest BCUT2D eigenvalue weighted by atomic mass is 32.2. The zero-order valence-electron chi connectivity index (χ0n) is 15.9. The molecule has 1 aliphatic heterocycles. The van der Waals surface area contributed by atoms with Crippen LogP contribution in [0.5, 0.6) is 5.75 Å². The molecule has 0 spiro atoms. The number of thiocarbonyl (C=S) groups is 1. The number of benzene rings is 1. The lowest BCUT2D eigenvalue weighted by molar-refractivity contribution is -0.137. The molecule has 0 atom stereocenters.